The predicted molar refractivity (Wildman–Crippen MR) is 88.1 cm³/mol. The summed E-state index contributed by atoms with van der Waals surface area (Å²) in [4.78, 5) is 0. The van der Waals surface area contributed by atoms with Gasteiger partial charge < -0.3 is 4.74 Å². The lowest BCUT2D eigenvalue weighted by molar-refractivity contribution is 0.304. The minimum Gasteiger partial charge on any atom is -0.488 e. The quantitative estimate of drug-likeness (QED) is 0.700. The Morgan fingerprint density at radius 2 is 2.00 bits per heavy atom. The molecule has 0 aliphatic rings. The molecule has 5 nitrogen and oxygen atoms in total. The summed E-state index contributed by atoms with van der Waals surface area (Å²) in [6, 6.07) is 10.9. The summed E-state index contributed by atoms with van der Waals surface area (Å²) in [5.74, 6) is 1.21. The molecule has 0 saturated carbocycles. The normalized spacial score (nSPS) is 10.7. The van der Waals surface area contributed by atoms with Gasteiger partial charge in [0.2, 0.25) is 5.82 Å². The first-order chi connectivity index (χ1) is 10.6. The summed E-state index contributed by atoms with van der Waals surface area (Å²) >= 11 is 15.5. The molecule has 8 heteroatoms. The fraction of sp³-hybridized carbons (Fsp3) is 0.0714. The van der Waals surface area contributed by atoms with Gasteiger partial charge in [0.05, 0.1) is 4.47 Å². The highest BCUT2D eigenvalue weighted by Crippen LogP contribution is 2.30. The van der Waals surface area contributed by atoms with Crippen LogP contribution in [-0.2, 0) is 6.61 Å². The lowest BCUT2D eigenvalue weighted by Gasteiger charge is -2.10. The van der Waals surface area contributed by atoms with Gasteiger partial charge in [0.1, 0.15) is 12.4 Å². The SMILES string of the molecule is Clc1ccc(COc2ccc(-c3nn[nH]n3)cc2Br)c(Cl)c1. The maximum Gasteiger partial charge on any atom is 0.204 e. The van der Waals surface area contributed by atoms with E-state index < -0.39 is 0 Å². The van der Waals surface area contributed by atoms with E-state index in [2.05, 4.69) is 36.6 Å². The molecule has 22 heavy (non-hydrogen) atoms. The minimum absolute atomic E-state index is 0.343. The van der Waals surface area contributed by atoms with Crippen LogP contribution in [0.1, 0.15) is 5.56 Å². The second-order valence-electron chi connectivity index (χ2n) is 4.41. The third-order valence-electron chi connectivity index (χ3n) is 2.93. The molecule has 112 valence electrons. The molecule has 0 aliphatic heterocycles. The maximum atomic E-state index is 6.13. The van der Waals surface area contributed by atoms with Gasteiger partial charge in [-0.1, -0.05) is 29.3 Å². The first kappa shape index (κ1) is 15.3. The Hall–Kier alpha value is -1.63. The summed E-state index contributed by atoms with van der Waals surface area (Å²) in [6.07, 6.45) is 0. The van der Waals surface area contributed by atoms with Crippen LogP contribution in [0.25, 0.3) is 11.4 Å². The van der Waals surface area contributed by atoms with Crippen LogP contribution in [0, 0.1) is 0 Å². The molecule has 0 unspecified atom stereocenters. The van der Waals surface area contributed by atoms with Crippen LogP contribution in [0.2, 0.25) is 10.0 Å². The molecule has 0 bridgehead atoms. The Morgan fingerprint density at radius 3 is 2.68 bits per heavy atom. The number of H-pyrrole nitrogens is 1. The molecule has 0 aliphatic carbocycles. The molecular formula is C14H9BrCl2N4O. The zero-order valence-corrected chi connectivity index (χ0v) is 14.2. The van der Waals surface area contributed by atoms with Gasteiger partial charge in [-0.15, -0.1) is 10.2 Å². The maximum absolute atomic E-state index is 6.13. The van der Waals surface area contributed by atoms with E-state index in [1.54, 1.807) is 12.1 Å². The lowest BCUT2D eigenvalue weighted by atomic mass is 10.2. The highest BCUT2D eigenvalue weighted by Gasteiger charge is 2.09. The fourth-order valence-corrected chi connectivity index (χ4v) is 2.79. The molecule has 0 fully saturated rings. The number of rotatable bonds is 4. The van der Waals surface area contributed by atoms with Crippen molar-refractivity contribution in [3.05, 3.63) is 56.5 Å². The number of nitrogens with zero attached hydrogens (tertiary/aromatic N) is 3. The number of hydrogen-bond donors (Lipinski definition) is 1. The van der Waals surface area contributed by atoms with Crippen LogP contribution in [0.3, 0.4) is 0 Å². The molecule has 1 aromatic heterocycles. The number of aromatic nitrogens is 4. The highest BCUT2D eigenvalue weighted by molar-refractivity contribution is 9.10. The van der Waals surface area contributed by atoms with Crippen LogP contribution >= 0.6 is 39.1 Å². The fourth-order valence-electron chi connectivity index (χ4n) is 1.84. The Kier molecular flexibility index (Phi) is 4.61. The standard InChI is InChI=1S/C14H9BrCl2N4O/c15-11-5-8(14-18-20-21-19-14)2-4-13(11)22-7-9-1-3-10(16)6-12(9)17/h1-6H,7H2,(H,18,19,20,21). The Bertz CT molecular complexity index is 796. The zero-order chi connectivity index (χ0) is 15.5. The van der Waals surface area contributed by atoms with Gasteiger partial charge >= 0.3 is 0 Å². The molecule has 2 aromatic carbocycles. The third kappa shape index (κ3) is 3.40. The summed E-state index contributed by atoms with van der Waals surface area (Å²) in [7, 11) is 0. The number of nitrogens with one attached hydrogen (secondary N) is 1. The molecule has 0 atom stereocenters. The van der Waals surface area contributed by atoms with E-state index in [0.717, 1.165) is 15.6 Å². The van der Waals surface area contributed by atoms with Crippen LogP contribution in [-0.4, -0.2) is 20.6 Å². The molecule has 0 amide bonds. The first-order valence-electron chi connectivity index (χ1n) is 6.23. The van der Waals surface area contributed by atoms with Gasteiger partial charge in [-0.25, -0.2) is 0 Å². The molecule has 1 heterocycles. The van der Waals surface area contributed by atoms with E-state index in [1.165, 1.54) is 0 Å². The molecule has 3 aromatic rings. The Balaban J connectivity index is 1.75. The molecular weight excluding hydrogens is 391 g/mol. The van der Waals surface area contributed by atoms with E-state index in [4.69, 9.17) is 27.9 Å². The van der Waals surface area contributed by atoms with Gasteiger partial charge in [-0.3, -0.25) is 0 Å². The molecule has 0 radical (unpaired) electrons. The average Bonchev–Trinajstić information content (AvgIpc) is 3.02. The Labute approximate surface area is 144 Å². The van der Waals surface area contributed by atoms with Gasteiger partial charge in [0.25, 0.3) is 0 Å². The van der Waals surface area contributed by atoms with Gasteiger partial charge in [-0.2, -0.15) is 5.21 Å². The number of halogens is 3. The lowest BCUT2D eigenvalue weighted by Crippen LogP contribution is -1.97. The van der Waals surface area contributed by atoms with Gasteiger partial charge in [0.15, 0.2) is 0 Å². The van der Waals surface area contributed by atoms with Crippen molar-refractivity contribution in [2.45, 2.75) is 6.61 Å². The van der Waals surface area contributed by atoms with Crippen molar-refractivity contribution in [1.82, 2.24) is 20.6 Å². The van der Waals surface area contributed by atoms with Gasteiger partial charge in [0, 0.05) is 21.2 Å². The van der Waals surface area contributed by atoms with Crippen LogP contribution in [0.5, 0.6) is 5.75 Å². The topological polar surface area (TPSA) is 63.7 Å². The van der Waals surface area contributed by atoms with Crippen molar-refractivity contribution in [2.75, 3.05) is 0 Å². The second kappa shape index (κ2) is 6.64. The van der Waals surface area contributed by atoms with Crippen molar-refractivity contribution < 1.29 is 4.74 Å². The zero-order valence-electron chi connectivity index (χ0n) is 11.1. The van der Waals surface area contributed by atoms with Crippen molar-refractivity contribution in [3.63, 3.8) is 0 Å². The molecule has 3 rings (SSSR count). The van der Waals surface area contributed by atoms with E-state index >= 15 is 0 Å². The number of ether oxygens (including phenoxy) is 1. The monoisotopic (exact) mass is 398 g/mol. The number of benzene rings is 2. The largest absolute Gasteiger partial charge is 0.488 e. The third-order valence-corrected chi connectivity index (χ3v) is 4.14. The van der Waals surface area contributed by atoms with Crippen molar-refractivity contribution in [1.29, 1.82) is 0 Å². The van der Waals surface area contributed by atoms with E-state index in [0.29, 0.717) is 28.2 Å². The summed E-state index contributed by atoms with van der Waals surface area (Å²) in [5.41, 5.74) is 1.69. The number of hydrogen-bond acceptors (Lipinski definition) is 4. The molecule has 1 N–H and O–H groups in total. The van der Waals surface area contributed by atoms with E-state index in [9.17, 15) is 0 Å². The van der Waals surface area contributed by atoms with Crippen molar-refractivity contribution in [2.24, 2.45) is 0 Å². The smallest absolute Gasteiger partial charge is 0.204 e. The number of aromatic amines is 1. The molecule has 0 spiro atoms. The van der Waals surface area contributed by atoms with Gasteiger partial charge in [-0.05, 0) is 51.5 Å². The summed E-state index contributed by atoms with van der Waals surface area (Å²) < 4.78 is 6.57. The first-order valence-corrected chi connectivity index (χ1v) is 7.78. The van der Waals surface area contributed by atoms with Crippen molar-refractivity contribution >= 4 is 39.1 Å². The second-order valence-corrected chi connectivity index (χ2v) is 6.10. The van der Waals surface area contributed by atoms with Crippen LogP contribution < -0.4 is 4.74 Å². The Morgan fingerprint density at radius 1 is 1.14 bits per heavy atom. The van der Waals surface area contributed by atoms with Crippen LogP contribution in [0.4, 0.5) is 0 Å². The van der Waals surface area contributed by atoms with E-state index in [1.807, 2.05) is 24.3 Å². The highest BCUT2D eigenvalue weighted by atomic mass is 79.9. The summed E-state index contributed by atoms with van der Waals surface area (Å²) in [6.45, 7) is 0.343. The number of tetrazole rings is 1. The summed E-state index contributed by atoms with van der Waals surface area (Å²) in [5, 5.41) is 15.0. The van der Waals surface area contributed by atoms with Crippen molar-refractivity contribution in [3.8, 4) is 17.1 Å². The van der Waals surface area contributed by atoms with Crippen LogP contribution in [0.15, 0.2) is 40.9 Å². The minimum atomic E-state index is 0.343. The van der Waals surface area contributed by atoms with E-state index in [-0.39, 0.29) is 0 Å². The molecule has 0 saturated heterocycles. The predicted octanol–water partition coefficient (Wildman–Crippen LogP) is 4.52. The average molecular weight is 400 g/mol.